The first-order valence-corrected chi connectivity index (χ1v) is 4.99. The molecule has 76 valence electrons. The highest BCUT2D eigenvalue weighted by Gasteiger charge is 2.24. The van der Waals surface area contributed by atoms with Crippen molar-refractivity contribution in [3.8, 4) is 0 Å². The van der Waals surface area contributed by atoms with Gasteiger partial charge >= 0.3 is 0 Å². The standard InChI is InChI=1S/C10H16N4/c1-7(2)9-3-10(13-6-12-9)14-4-8(11)5-14/h3,6-8H,4-5,11H2,1-2H3. The van der Waals surface area contributed by atoms with Gasteiger partial charge in [0.25, 0.3) is 0 Å². The van der Waals surface area contributed by atoms with Crippen molar-refractivity contribution in [3.05, 3.63) is 18.1 Å². The van der Waals surface area contributed by atoms with Crippen LogP contribution in [-0.2, 0) is 0 Å². The Morgan fingerprint density at radius 3 is 2.71 bits per heavy atom. The number of hydrogen-bond donors (Lipinski definition) is 1. The highest BCUT2D eigenvalue weighted by atomic mass is 15.3. The van der Waals surface area contributed by atoms with Crippen molar-refractivity contribution in [1.82, 2.24) is 9.97 Å². The molecule has 0 amide bonds. The third-order valence-corrected chi connectivity index (χ3v) is 2.50. The maximum absolute atomic E-state index is 5.72. The Bertz CT molecular complexity index is 318. The molecule has 2 rings (SSSR count). The zero-order chi connectivity index (χ0) is 10.1. The van der Waals surface area contributed by atoms with E-state index >= 15 is 0 Å². The van der Waals surface area contributed by atoms with Crippen molar-refractivity contribution in [1.29, 1.82) is 0 Å². The van der Waals surface area contributed by atoms with Gasteiger partial charge in [0.05, 0.1) is 0 Å². The minimum absolute atomic E-state index is 0.312. The molecular weight excluding hydrogens is 176 g/mol. The minimum atomic E-state index is 0.312. The van der Waals surface area contributed by atoms with E-state index in [1.165, 1.54) is 0 Å². The van der Waals surface area contributed by atoms with E-state index in [0.717, 1.165) is 24.6 Å². The lowest BCUT2D eigenvalue weighted by Crippen LogP contribution is -2.56. The number of nitrogens with two attached hydrogens (primary N) is 1. The second-order valence-corrected chi connectivity index (χ2v) is 4.12. The summed E-state index contributed by atoms with van der Waals surface area (Å²) in [6.45, 7) is 6.09. The average Bonchev–Trinajstić information content (AvgIpc) is 2.13. The molecule has 1 aliphatic rings. The van der Waals surface area contributed by atoms with Crippen LogP contribution in [-0.4, -0.2) is 29.1 Å². The second kappa shape index (κ2) is 3.53. The van der Waals surface area contributed by atoms with Gasteiger partial charge in [0.2, 0.25) is 0 Å². The fourth-order valence-electron chi connectivity index (χ4n) is 1.55. The van der Waals surface area contributed by atoms with Gasteiger partial charge in [-0.2, -0.15) is 0 Å². The number of aromatic nitrogens is 2. The van der Waals surface area contributed by atoms with Gasteiger partial charge in [0.15, 0.2) is 0 Å². The molecule has 0 bridgehead atoms. The summed E-state index contributed by atoms with van der Waals surface area (Å²) in [5.74, 6) is 1.46. The number of anilines is 1. The molecule has 4 heteroatoms. The van der Waals surface area contributed by atoms with Crippen molar-refractivity contribution in [2.24, 2.45) is 5.73 Å². The van der Waals surface area contributed by atoms with Crippen LogP contribution >= 0.6 is 0 Å². The van der Waals surface area contributed by atoms with E-state index in [-0.39, 0.29) is 0 Å². The summed E-state index contributed by atoms with van der Waals surface area (Å²) in [4.78, 5) is 10.6. The second-order valence-electron chi connectivity index (χ2n) is 4.12. The summed E-state index contributed by atoms with van der Waals surface area (Å²) < 4.78 is 0. The molecule has 0 radical (unpaired) electrons. The summed E-state index contributed by atoms with van der Waals surface area (Å²) in [5, 5.41) is 0. The summed E-state index contributed by atoms with van der Waals surface area (Å²) in [6, 6.07) is 2.36. The largest absolute Gasteiger partial charge is 0.353 e. The van der Waals surface area contributed by atoms with E-state index in [4.69, 9.17) is 5.73 Å². The monoisotopic (exact) mass is 192 g/mol. The summed E-state index contributed by atoms with van der Waals surface area (Å²) >= 11 is 0. The van der Waals surface area contributed by atoms with Crippen molar-refractivity contribution in [2.75, 3.05) is 18.0 Å². The Morgan fingerprint density at radius 1 is 1.43 bits per heavy atom. The van der Waals surface area contributed by atoms with Gasteiger partial charge in [-0.25, -0.2) is 9.97 Å². The fourth-order valence-corrected chi connectivity index (χ4v) is 1.55. The molecule has 1 fully saturated rings. The fraction of sp³-hybridized carbons (Fsp3) is 0.600. The zero-order valence-electron chi connectivity index (χ0n) is 8.64. The molecule has 2 N–H and O–H groups in total. The van der Waals surface area contributed by atoms with E-state index in [2.05, 4.69) is 34.8 Å². The third kappa shape index (κ3) is 1.70. The van der Waals surface area contributed by atoms with Crippen molar-refractivity contribution < 1.29 is 0 Å². The van der Waals surface area contributed by atoms with Crippen LogP contribution in [0.3, 0.4) is 0 Å². The Labute approximate surface area is 84.2 Å². The van der Waals surface area contributed by atoms with Gasteiger partial charge < -0.3 is 10.6 Å². The van der Waals surface area contributed by atoms with Crippen LogP contribution in [0, 0.1) is 0 Å². The van der Waals surface area contributed by atoms with Crippen molar-refractivity contribution in [2.45, 2.75) is 25.8 Å². The number of nitrogens with zero attached hydrogens (tertiary/aromatic N) is 3. The predicted molar refractivity (Wildman–Crippen MR) is 56.3 cm³/mol. The minimum Gasteiger partial charge on any atom is -0.353 e. The lowest BCUT2D eigenvalue weighted by molar-refractivity contribution is 0.513. The van der Waals surface area contributed by atoms with E-state index in [1.807, 2.05) is 0 Å². The molecule has 0 spiro atoms. The smallest absolute Gasteiger partial charge is 0.132 e. The molecule has 2 heterocycles. The van der Waals surface area contributed by atoms with Crippen LogP contribution in [0.2, 0.25) is 0 Å². The maximum atomic E-state index is 5.72. The van der Waals surface area contributed by atoms with Crippen molar-refractivity contribution in [3.63, 3.8) is 0 Å². The topological polar surface area (TPSA) is 55.0 Å². The zero-order valence-corrected chi connectivity index (χ0v) is 8.64. The van der Waals surface area contributed by atoms with Gasteiger partial charge in [-0.05, 0) is 5.92 Å². The molecule has 0 saturated carbocycles. The molecule has 1 aromatic rings. The summed E-state index contributed by atoms with van der Waals surface area (Å²) in [7, 11) is 0. The molecular formula is C10H16N4. The molecule has 1 aliphatic heterocycles. The number of rotatable bonds is 2. The predicted octanol–water partition coefficient (Wildman–Crippen LogP) is 0.747. The molecule has 0 aromatic carbocycles. The lowest BCUT2D eigenvalue weighted by atomic mass is 10.1. The van der Waals surface area contributed by atoms with Crippen LogP contribution in [0.25, 0.3) is 0 Å². The van der Waals surface area contributed by atoms with Gasteiger partial charge in [-0.15, -0.1) is 0 Å². The van der Waals surface area contributed by atoms with Crippen molar-refractivity contribution >= 4 is 5.82 Å². The molecule has 0 unspecified atom stereocenters. The first-order valence-electron chi connectivity index (χ1n) is 4.99. The third-order valence-electron chi connectivity index (χ3n) is 2.50. The van der Waals surface area contributed by atoms with E-state index in [9.17, 15) is 0 Å². The molecule has 4 nitrogen and oxygen atoms in total. The van der Waals surface area contributed by atoms with E-state index < -0.39 is 0 Å². The summed E-state index contributed by atoms with van der Waals surface area (Å²) in [5.41, 5.74) is 6.81. The Hall–Kier alpha value is -1.16. The molecule has 0 atom stereocenters. The lowest BCUT2D eigenvalue weighted by Gasteiger charge is -2.37. The summed E-state index contributed by atoms with van der Waals surface area (Å²) in [6.07, 6.45) is 1.63. The highest BCUT2D eigenvalue weighted by Crippen LogP contribution is 2.20. The molecule has 1 aromatic heterocycles. The Kier molecular flexibility index (Phi) is 2.37. The Balaban J connectivity index is 2.14. The molecule has 0 aliphatic carbocycles. The first kappa shape index (κ1) is 9.40. The molecule has 1 saturated heterocycles. The van der Waals surface area contributed by atoms with E-state index in [0.29, 0.717) is 12.0 Å². The van der Waals surface area contributed by atoms with Gasteiger partial charge in [-0.1, -0.05) is 13.8 Å². The van der Waals surface area contributed by atoms with Gasteiger partial charge in [0.1, 0.15) is 12.1 Å². The number of hydrogen-bond acceptors (Lipinski definition) is 4. The first-order chi connectivity index (χ1) is 6.66. The average molecular weight is 192 g/mol. The quantitative estimate of drug-likeness (QED) is 0.751. The van der Waals surface area contributed by atoms with Crippen LogP contribution in [0.15, 0.2) is 12.4 Å². The maximum Gasteiger partial charge on any atom is 0.132 e. The van der Waals surface area contributed by atoms with E-state index in [1.54, 1.807) is 6.33 Å². The van der Waals surface area contributed by atoms with Gasteiger partial charge in [0, 0.05) is 30.9 Å². The van der Waals surface area contributed by atoms with Gasteiger partial charge in [-0.3, -0.25) is 0 Å². The van der Waals surface area contributed by atoms with Crippen LogP contribution < -0.4 is 10.6 Å². The normalized spacial score (nSPS) is 17.3. The highest BCUT2D eigenvalue weighted by molar-refractivity contribution is 5.43. The SMILES string of the molecule is CC(C)c1cc(N2CC(N)C2)ncn1. The van der Waals surface area contributed by atoms with Crippen LogP contribution in [0.1, 0.15) is 25.5 Å². The van der Waals surface area contributed by atoms with Crippen LogP contribution in [0.4, 0.5) is 5.82 Å². The Morgan fingerprint density at radius 2 is 2.14 bits per heavy atom. The van der Waals surface area contributed by atoms with Crippen LogP contribution in [0.5, 0.6) is 0 Å². The molecule has 14 heavy (non-hydrogen) atoms.